The number of primary amides is 1. The molecular formula is C23H22N4O3. The van der Waals surface area contributed by atoms with Crippen LogP contribution >= 0.6 is 0 Å². The lowest BCUT2D eigenvalue weighted by Gasteiger charge is -2.34. The highest BCUT2D eigenvalue weighted by Gasteiger charge is 2.29. The molecule has 2 aromatic carbocycles. The van der Waals surface area contributed by atoms with Crippen molar-refractivity contribution in [3.05, 3.63) is 70.3 Å². The van der Waals surface area contributed by atoms with Gasteiger partial charge in [0.15, 0.2) is 11.5 Å². The topological polar surface area (TPSA) is 94.4 Å². The van der Waals surface area contributed by atoms with Gasteiger partial charge in [0.1, 0.15) is 11.1 Å². The van der Waals surface area contributed by atoms with Crippen LogP contribution in [0, 0.1) is 0 Å². The Kier molecular flexibility index (Phi) is 4.31. The lowest BCUT2D eigenvalue weighted by Crippen LogP contribution is -2.38. The molecule has 2 N–H and O–H groups in total. The van der Waals surface area contributed by atoms with Crippen molar-refractivity contribution in [1.29, 1.82) is 0 Å². The van der Waals surface area contributed by atoms with Crippen molar-refractivity contribution in [1.82, 2.24) is 9.55 Å². The van der Waals surface area contributed by atoms with Crippen molar-refractivity contribution < 1.29 is 9.21 Å². The first-order valence-corrected chi connectivity index (χ1v) is 10.1. The first-order chi connectivity index (χ1) is 14.5. The Morgan fingerprint density at radius 1 is 1.10 bits per heavy atom. The highest BCUT2D eigenvalue weighted by atomic mass is 16.3. The normalized spacial score (nSPS) is 15.2. The summed E-state index contributed by atoms with van der Waals surface area (Å²) in [7, 11) is 1.67. The number of benzene rings is 2. The number of rotatable bonds is 3. The number of carbonyl (C=O) groups excluding carboxylic acids is 1. The average molecular weight is 402 g/mol. The quantitative estimate of drug-likeness (QED) is 0.568. The maximum absolute atomic E-state index is 12.9. The summed E-state index contributed by atoms with van der Waals surface area (Å²) in [5.74, 6) is 0.251. The number of piperidine rings is 1. The summed E-state index contributed by atoms with van der Waals surface area (Å²) in [6.45, 7) is 1.36. The smallest absolute Gasteiger partial charge is 0.265 e. The van der Waals surface area contributed by atoms with Gasteiger partial charge in [-0.3, -0.25) is 9.59 Å². The van der Waals surface area contributed by atoms with Crippen LogP contribution in [0.3, 0.4) is 0 Å². The van der Waals surface area contributed by atoms with E-state index in [9.17, 15) is 9.59 Å². The van der Waals surface area contributed by atoms with Crippen molar-refractivity contribution >= 4 is 33.6 Å². The SMILES string of the molecule is Cn1c(=O)c(C(N)=O)c(N2CCC(c3nc4ccccc4o3)CC2)c2ccccc21. The molecule has 3 heterocycles. The van der Waals surface area contributed by atoms with Crippen molar-refractivity contribution in [3.63, 3.8) is 0 Å². The number of aromatic nitrogens is 2. The number of hydrogen-bond donors (Lipinski definition) is 1. The van der Waals surface area contributed by atoms with E-state index in [2.05, 4.69) is 9.88 Å². The number of pyridine rings is 1. The third-order valence-electron chi connectivity index (χ3n) is 5.99. The Balaban J connectivity index is 1.51. The van der Waals surface area contributed by atoms with Crippen LogP contribution in [0.15, 0.2) is 57.7 Å². The zero-order valence-electron chi connectivity index (χ0n) is 16.7. The summed E-state index contributed by atoms with van der Waals surface area (Å²) in [5.41, 5.74) is 8.40. The van der Waals surface area contributed by atoms with Gasteiger partial charge in [-0.15, -0.1) is 0 Å². The maximum atomic E-state index is 12.9. The minimum absolute atomic E-state index is 0.0523. The third kappa shape index (κ3) is 2.85. The molecule has 1 aliphatic heterocycles. The fourth-order valence-corrected chi connectivity index (χ4v) is 4.44. The predicted octanol–water partition coefficient (Wildman–Crippen LogP) is 3.16. The summed E-state index contributed by atoms with van der Waals surface area (Å²) < 4.78 is 7.45. The number of nitrogens with zero attached hydrogens (tertiary/aromatic N) is 3. The second-order valence-electron chi connectivity index (χ2n) is 7.75. The van der Waals surface area contributed by atoms with Crippen LogP contribution in [-0.2, 0) is 7.05 Å². The molecule has 0 unspecified atom stereocenters. The van der Waals surface area contributed by atoms with Gasteiger partial charge in [-0.2, -0.15) is 0 Å². The lowest BCUT2D eigenvalue weighted by atomic mass is 9.95. The van der Waals surface area contributed by atoms with E-state index in [0.29, 0.717) is 18.8 Å². The van der Waals surface area contributed by atoms with E-state index in [0.717, 1.165) is 40.7 Å². The summed E-state index contributed by atoms with van der Waals surface area (Å²) in [6.07, 6.45) is 1.63. The molecule has 30 heavy (non-hydrogen) atoms. The molecule has 1 aliphatic rings. The first-order valence-electron chi connectivity index (χ1n) is 10.1. The number of fused-ring (bicyclic) bond motifs is 2. The molecule has 0 saturated carbocycles. The van der Waals surface area contributed by atoms with Crippen molar-refractivity contribution in [2.45, 2.75) is 18.8 Å². The van der Waals surface area contributed by atoms with Crippen molar-refractivity contribution in [3.8, 4) is 0 Å². The van der Waals surface area contributed by atoms with E-state index in [4.69, 9.17) is 10.2 Å². The second-order valence-corrected chi connectivity index (χ2v) is 7.75. The van der Waals surface area contributed by atoms with Gasteiger partial charge in [0, 0.05) is 31.4 Å². The van der Waals surface area contributed by atoms with Crippen LogP contribution in [0.2, 0.25) is 0 Å². The van der Waals surface area contributed by atoms with E-state index in [1.807, 2.05) is 48.5 Å². The van der Waals surface area contributed by atoms with Crippen LogP contribution in [0.25, 0.3) is 22.0 Å². The minimum atomic E-state index is -0.697. The average Bonchev–Trinajstić information content (AvgIpc) is 3.20. The minimum Gasteiger partial charge on any atom is -0.440 e. The van der Waals surface area contributed by atoms with Gasteiger partial charge in [-0.1, -0.05) is 30.3 Å². The third-order valence-corrected chi connectivity index (χ3v) is 5.99. The number of para-hydroxylation sites is 3. The Morgan fingerprint density at radius 3 is 2.53 bits per heavy atom. The number of anilines is 1. The summed E-state index contributed by atoms with van der Waals surface area (Å²) in [4.78, 5) is 31.9. The number of aryl methyl sites for hydroxylation is 1. The second kappa shape index (κ2) is 7.02. The molecule has 0 atom stereocenters. The van der Waals surface area contributed by atoms with E-state index in [-0.39, 0.29) is 17.0 Å². The zero-order valence-corrected chi connectivity index (χ0v) is 16.7. The standard InChI is InChI=1S/C23H22N4O3/c1-26-17-8-4-2-6-15(17)20(19(21(24)28)23(26)29)27-12-10-14(11-13-27)22-25-16-7-3-5-9-18(16)30-22/h2-9,14H,10-13H2,1H3,(H2,24,28). The van der Waals surface area contributed by atoms with Gasteiger partial charge in [0.05, 0.1) is 11.2 Å². The van der Waals surface area contributed by atoms with Crippen LogP contribution in [-0.4, -0.2) is 28.5 Å². The fourth-order valence-electron chi connectivity index (χ4n) is 4.44. The Labute approximate surface area is 172 Å². The van der Waals surface area contributed by atoms with Gasteiger partial charge >= 0.3 is 0 Å². The lowest BCUT2D eigenvalue weighted by molar-refractivity contribution is 0.0999. The molecule has 152 valence electrons. The molecule has 0 aliphatic carbocycles. The molecule has 1 saturated heterocycles. The molecule has 5 rings (SSSR count). The van der Waals surface area contributed by atoms with E-state index in [1.165, 1.54) is 4.57 Å². The number of hydrogen-bond acceptors (Lipinski definition) is 5. The predicted molar refractivity (Wildman–Crippen MR) is 116 cm³/mol. The molecule has 7 heteroatoms. The Bertz CT molecular complexity index is 1300. The highest BCUT2D eigenvalue weighted by Crippen LogP contribution is 2.35. The monoisotopic (exact) mass is 402 g/mol. The Morgan fingerprint density at radius 2 is 1.80 bits per heavy atom. The number of nitrogens with two attached hydrogens (primary N) is 1. The number of oxazole rings is 1. The van der Waals surface area contributed by atoms with Crippen molar-refractivity contribution in [2.24, 2.45) is 12.8 Å². The number of amides is 1. The molecule has 1 fully saturated rings. The number of carbonyl (C=O) groups is 1. The molecule has 7 nitrogen and oxygen atoms in total. The summed E-state index contributed by atoms with van der Waals surface area (Å²) >= 11 is 0. The highest BCUT2D eigenvalue weighted by molar-refractivity contribution is 6.06. The molecule has 2 aromatic heterocycles. The van der Waals surface area contributed by atoms with Crippen LogP contribution in [0.5, 0.6) is 0 Å². The molecule has 0 spiro atoms. The summed E-state index contributed by atoms with van der Waals surface area (Å²) in [6, 6.07) is 15.4. The van der Waals surface area contributed by atoms with E-state index < -0.39 is 5.91 Å². The van der Waals surface area contributed by atoms with Crippen molar-refractivity contribution in [2.75, 3.05) is 18.0 Å². The molecule has 1 amide bonds. The van der Waals surface area contributed by atoms with Crippen LogP contribution in [0.4, 0.5) is 5.69 Å². The maximum Gasteiger partial charge on any atom is 0.265 e. The molecule has 0 radical (unpaired) electrons. The molecule has 0 bridgehead atoms. The van der Waals surface area contributed by atoms with Gasteiger partial charge in [0.2, 0.25) is 0 Å². The van der Waals surface area contributed by atoms with Gasteiger partial charge in [-0.25, -0.2) is 4.98 Å². The largest absolute Gasteiger partial charge is 0.440 e. The molecular weight excluding hydrogens is 380 g/mol. The van der Waals surface area contributed by atoms with E-state index >= 15 is 0 Å². The van der Waals surface area contributed by atoms with Gasteiger partial charge < -0.3 is 19.6 Å². The van der Waals surface area contributed by atoms with Gasteiger partial charge in [0.25, 0.3) is 11.5 Å². The first kappa shape index (κ1) is 18.4. The van der Waals surface area contributed by atoms with Gasteiger partial charge in [-0.05, 0) is 31.0 Å². The zero-order chi connectivity index (χ0) is 20.8. The van der Waals surface area contributed by atoms with Crippen LogP contribution < -0.4 is 16.2 Å². The Hall–Kier alpha value is -3.61. The van der Waals surface area contributed by atoms with E-state index in [1.54, 1.807) is 7.05 Å². The summed E-state index contributed by atoms with van der Waals surface area (Å²) in [5, 5.41) is 0.855. The van der Waals surface area contributed by atoms with Crippen LogP contribution in [0.1, 0.15) is 35.0 Å². The fraction of sp³-hybridized carbons (Fsp3) is 0.261. The molecule has 4 aromatic rings.